The molecule has 0 saturated heterocycles. The monoisotopic (exact) mass is 304 g/mol. The third-order valence-electron chi connectivity index (χ3n) is 3.19. The minimum atomic E-state index is -0.212. The number of halogens is 1. The van der Waals surface area contributed by atoms with Gasteiger partial charge in [-0.25, -0.2) is 0 Å². The molecular weight excluding hydrogens is 296 g/mol. The van der Waals surface area contributed by atoms with Gasteiger partial charge < -0.3 is 4.42 Å². The summed E-state index contributed by atoms with van der Waals surface area (Å²) in [6, 6.07) is 6.84. The lowest BCUT2D eigenvalue weighted by Gasteiger charge is -2.13. The largest absolute Gasteiger partial charge is 0.457 e. The van der Waals surface area contributed by atoms with Crippen LogP contribution in [0.4, 0.5) is 0 Å². The Morgan fingerprint density at radius 1 is 1.11 bits per heavy atom. The van der Waals surface area contributed by atoms with Crippen molar-refractivity contribution in [3.8, 4) is 0 Å². The molecule has 1 aromatic heterocycles. The molecule has 0 N–H and O–H groups in total. The van der Waals surface area contributed by atoms with E-state index >= 15 is 0 Å². The number of alkyl halides is 1. The van der Waals surface area contributed by atoms with E-state index < -0.39 is 0 Å². The number of hydrogen-bond donors (Lipinski definition) is 0. The van der Waals surface area contributed by atoms with Gasteiger partial charge in [-0.15, -0.1) is 0 Å². The van der Waals surface area contributed by atoms with Crippen molar-refractivity contribution in [3.05, 3.63) is 58.0 Å². The van der Waals surface area contributed by atoms with Crippen molar-refractivity contribution in [2.45, 2.75) is 12.3 Å². The molecule has 4 heteroatoms. The van der Waals surface area contributed by atoms with Crippen LogP contribution >= 0.6 is 15.9 Å². The summed E-state index contributed by atoms with van der Waals surface area (Å²) in [5, 5.41) is 0.499. The predicted octanol–water partition coefficient (Wildman–Crippen LogP) is 3.26. The fraction of sp³-hybridized carbons (Fsp3) is 0.143. The molecule has 90 valence electrons. The Bertz CT molecular complexity index is 682. The Labute approximate surface area is 112 Å². The Morgan fingerprint density at radius 2 is 1.72 bits per heavy atom. The zero-order chi connectivity index (χ0) is 12.9. The second kappa shape index (κ2) is 3.92. The number of benzene rings is 1. The van der Waals surface area contributed by atoms with E-state index in [-0.39, 0.29) is 17.3 Å². The average Bonchev–Trinajstić information content (AvgIpc) is 2.73. The van der Waals surface area contributed by atoms with E-state index in [9.17, 15) is 9.59 Å². The molecule has 1 aliphatic carbocycles. The van der Waals surface area contributed by atoms with Gasteiger partial charge >= 0.3 is 0 Å². The molecule has 0 aliphatic heterocycles. The maximum absolute atomic E-state index is 12.4. The first kappa shape index (κ1) is 11.4. The van der Waals surface area contributed by atoms with Crippen LogP contribution in [-0.4, -0.2) is 11.6 Å². The van der Waals surface area contributed by atoms with Crippen LogP contribution in [0.2, 0.25) is 0 Å². The zero-order valence-electron chi connectivity index (χ0n) is 9.62. The summed E-state index contributed by atoms with van der Waals surface area (Å²) in [6.45, 7) is 1.76. The van der Waals surface area contributed by atoms with Gasteiger partial charge in [-0.2, -0.15) is 0 Å². The molecule has 1 aromatic carbocycles. The van der Waals surface area contributed by atoms with Gasteiger partial charge in [-0.3, -0.25) is 9.59 Å². The van der Waals surface area contributed by atoms with E-state index in [1.165, 1.54) is 0 Å². The van der Waals surface area contributed by atoms with Crippen LogP contribution in [0.1, 0.15) is 43.4 Å². The Balaban J connectivity index is 2.34. The average molecular weight is 305 g/mol. The van der Waals surface area contributed by atoms with Crippen molar-refractivity contribution in [2.75, 3.05) is 0 Å². The van der Waals surface area contributed by atoms with Gasteiger partial charge in [-0.1, -0.05) is 40.2 Å². The van der Waals surface area contributed by atoms with E-state index in [0.717, 1.165) is 5.56 Å². The van der Waals surface area contributed by atoms with Crippen molar-refractivity contribution in [1.82, 2.24) is 0 Å². The first-order valence-corrected chi connectivity index (χ1v) is 6.64. The van der Waals surface area contributed by atoms with Crippen molar-refractivity contribution in [2.24, 2.45) is 0 Å². The summed E-state index contributed by atoms with van der Waals surface area (Å²) in [5.41, 5.74) is 2.05. The first-order chi connectivity index (χ1) is 8.65. The molecule has 3 nitrogen and oxygen atoms in total. The Hall–Kier alpha value is -1.68. The van der Waals surface area contributed by atoms with Crippen molar-refractivity contribution < 1.29 is 14.0 Å². The normalized spacial score (nSPS) is 13.4. The van der Waals surface area contributed by atoms with Gasteiger partial charge in [0, 0.05) is 22.0 Å². The number of aryl methyl sites for hydroxylation is 1. The van der Waals surface area contributed by atoms with E-state index in [2.05, 4.69) is 15.9 Å². The molecular formula is C14H9BrO3. The number of furan rings is 1. The number of ketones is 2. The van der Waals surface area contributed by atoms with E-state index in [0.29, 0.717) is 27.8 Å². The van der Waals surface area contributed by atoms with Gasteiger partial charge in [0.2, 0.25) is 5.78 Å². The van der Waals surface area contributed by atoms with Gasteiger partial charge in [0.25, 0.3) is 0 Å². The summed E-state index contributed by atoms with van der Waals surface area (Å²) >= 11 is 3.33. The molecule has 0 radical (unpaired) electrons. The molecule has 3 rings (SSSR count). The molecule has 0 spiro atoms. The quantitative estimate of drug-likeness (QED) is 0.648. The lowest BCUT2D eigenvalue weighted by Crippen LogP contribution is -2.20. The third-order valence-corrected chi connectivity index (χ3v) is 3.75. The lowest BCUT2D eigenvalue weighted by atomic mass is 9.87. The summed E-state index contributed by atoms with van der Waals surface area (Å²) in [6.07, 6.45) is 0. The minimum absolute atomic E-state index is 0.133. The van der Waals surface area contributed by atoms with Crippen LogP contribution in [0.15, 0.2) is 28.7 Å². The highest BCUT2D eigenvalue weighted by Gasteiger charge is 2.35. The molecule has 0 atom stereocenters. The SMILES string of the molecule is Cc1oc2c(c1CBr)C(=O)c1ccccc1C2=O. The molecule has 0 unspecified atom stereocenters. The summed E-state index contributed by atoms with van der Waals surface area (Å²) in [4.78, 5) is 24.7. The molecule has 0 bridgehead atoms. The van der Waals surface area contributed by atoms with Gasteiger partial charge in [0.1, 0.15) is 5.76 Å². The maximum Gasteiger partial charge on any atom is 0.229 e. The predicted molar refractivity (Wildman–Crippen MR) is 69.4 cm³/mol. The number of rotatable bonds is 1. The van der Waals surface area contributed by atoms with Crippen LogP contribution in [0.5, 0.6) is 0 Å². The molecule has 0 amide bonds. The number of carbonyl (C=O) groups excluding carboxylic acids is 2. The molecule has 1 aliphatic rings. The number of hydrogen-bond acceptors (Lipinski definition) is 3. The standard InChI is InChI=1S/C14H9BrO3/c1-7-10(6-15)11-12(16)8-4-2-3-5-9(8)13(17)14(11)18-7/h2-5H,6H2,1H3. The zero-order valence-corrected chi connectivity index (χ0v) is 11.2. The molecule has 18 heavy (non-hydrogen) atoms. The second-order valence-electron chi connectivity index (χ2n) is 4.18. The Kier molecular flexibility index (Phi) is 2.48. The van der Waals surface area contributed by atoms with Crippen LogP contribution in [0.25, 0.3) is 0 Å². The molecule has 0 saturated carbocycles. The topological polar surface area (TPSA) is 47.3 Å². The highest BCUT2D eigenvalue weighted by Crippen LogP contribution is 2.33. The van der Waals surface area contributed by atoms with Crippen LogP contribution in [0.3, 0.4) is 0 Å². The maximum atomic E-state index is 12.4. The minimum Gasteiger partial charge on any atom is -0.457 e. The van der Waals surface area contributed by atoms with E-state index in [1.807, 2.05) is 0 Å². The molecule has 2 aromatic rings. The fourth-order valence-electron chi connectivity index (χ4n) is 2.28. The number of fused-ring (bicyclic) bond motifs is 2. The van der Waals surface area contributed by atoms with E-state index in [4.69, 9.17) is 4.42 Å². The van der Waals surface area contributed by atoms with Crippen molar-refractivity contribution >= 4 is 27.5 Å². The highest BCUT2D eigenvalue weighted by molar-refractivity contribution is 9.08. The summed E-state index contributed by atoms with van der Waals surface area (Å²) in [7, 11) is 0. The van der Waals surface area contributed by atoms with Gasteiger partial charge in [0.15, 0.2) is 11.5 Å². The van der Waals surface area contributed by atoms with Crippen LogP contribution in [0, 0.1) is 6.92 Å². The number of carbonyl (C=O) groups is 2. The summed E-state index contributed by atoms with van der Waals surface area (Å²) in [5.74, 6) is 0.444. The molecule has 0 fully saturated rings. The lowest BCUT2D eigenvalue weighted by molar-refractivity contribution is 0.0959. The first-order valence-electron chi connectivity index (χ1n) is 5.51. The highest BCUT2D eigenvalue weighted by atomic mass is 79.9. The van der Waals surface area contributed by atoms with Crippen LogP contribution in [-0.2, 0) is 5.33 Å². The second-order valence-corrected chi connectivity index (χ2v) is 4.74. The third kappa shape index (κ3) is 1.35. The smallest absolute Gasteiger partial charge is 0.229 e. The van der Waals surface area contributed by atoms with E-state index in [1.54, 1.807) is 31.2 Å². The van der Waals surface area contributed by atoms with Crippen molar-refractivity contribution in [3.63, 3.8) is 0 Å². The summed E-state index contributed by atoms with van der Waals surface area (Å²) < 4.78 is 5.47. The molecule has 1 heterocycles. The van der Waals surface area contributed by atoms with Crippen molar-refractivity contribution in [1.29, 1.82) is 0 Å². The van der Waals surface area contributed by atoms with Gasteiger partial charge in [-0.05, 0) is 6.92 Å². The van der Waals surface area contributed by atoms with Gasteiger partial charge in [0.05, 0.1) is 5.56 Å². The fourth-order valence-corrected chi connectivity index (χ4v) is 2.95. The van der Waals surface area contributed by atoms with Crippen LogP contribution < -0.4 is 0 Å². The Morgan fingerprint density at radius 3 is 2.33 bits per heavy atom.